The van der Waals surface area contributed by atoms with Crippen molar-refractivity contribution < 1.29 is 59.1 Å². The second kappa shape index (κ2) is 23.5. The summed E-state index contributed by atoms with van der Waals surface area (Å²) in [7, 11) is 5.07. The first-order chi connectivity index (χ1) is 32.7. The number of likely N-dealkylation sites (N-methyl/N-ethyl adjacent to an activating group) is 2. The maximum atomic E-state index is 12.7. The van der Waals surface area contributed by atoms with Crippen molar-refractivity contribution in [3.05, 3.63) is 75.2 Å². The molecule has 0 bridgehead atoms. The van der Waals surface area contributed by atoms with Crippen LogP contribution in [0.1, 0.15) is 125 Å². The van der Waals surface area contributed by atoms with E-state index >= 15 is 0 Å². The van der Waals surface area contributed by atoms with Crippen molar-refractivity contribution >= 4 is 59.8 Å². The number of hydrogen-bond acceptors (Lipinski definition) is 12. The van der Waals surface area contributed by atoms with E-state index in [2.05, 4.69) is 71.4 Å². The SMILES string of the molecule is CC1(C)OB(B2OC(C)(C)C(C)(C)O2)OC1(C)C.CN1CC=C(B2OC(C)(C)C(C)(C)O2)CC1.CN1CC=C(c2cc(N)cc(C(F)(F)F)c2)CC1.CN1CCC(=O)CC1.Nc1cc(Br)cc(C(F)(F)F)c1. The molecule has 4 saturated heterocycles. The van der Waals surface area contributed by atoms with Gasteiger partial charge in [0.2, 0.25) is 0 Å². The van der Waals surface area contributed by atoms with E-state index in [1.54, 1.807) is 6.07 Å². The van der Waals surface area contributed by atoms with Crippen molar-refractivity contribution in [1.29, 1.82) is 0 Å². The first-order valence-electron chi connectivity index (χ1n) is 24.4. The molecule has 4 N–H and O–H groups in total. The lowest BCUT2D eigenvalue weighted by atomic mass is 9.49. The standard InChI is InChI=1S/C13H15F3N2.C12H24B2O4.C12H22BNO2.C7H5BrF3N.C6H11NO/c1-18-4-2-9(3-5-18)10-6-11(13(14,15)16)8-12(17)7-10;1-9(2)10(3,4)16-13(15-9)14-17-11(5,6)12(7,8)18-14;1-11(2)12(3,4)16-13(15-11)10-6-8-14(5)9-7-10;8-5-1-4(7(9,10)11)2-6(12)3-5;1-7-4-2-6(8)3-5-7/h2,6-8H,3-5,17H2,1H3;1-8H3;6H,7-9H2,1-5H3;1-3H,12H2;2-5H2,1H3. The number of ketones is 1. The zero-order chi connectivity index (χ0) is 54.6. The zero-order valence-electron chi connectivity index (χ0n) is 44.9. The Hall–Kier alpha value is -2.92. The van der Waals surface area contributed by atoms with Gasteiger partial charge in [-0.3, -0.25) is 4.79 Å². The number of anilines is 2. The van der Waals surface area contributed by atoms with Gasteiger partial charge in [0.25, 0.3) is 0 Å². The highest BCUT2D eigenvalue weighted by molar-refractivity contribution is 9.10. The summed E-state index contributed by atoms with van der Waals surface area (Å²) in [6.07, 6.45) is -1.17. The van der Waals surface area contributed by atoms with Gasteiger partial charge in [-0.1, -0.05) is 28.1 Å². The highest BCUT2D eigenvalue weighted by Crippen LogP contribution is 2.44. The van der Waals surface area contributed by atoms with Gasteiger partial charge >= 0.3 is 33.5 Å². The van der Waals surface area contributed by atoms with Gasteiger partial charge in [-0.05, 0) is 170 Å². The minimum absolute atomic E-state index is 0.0942. The molecule has 22 heteroatoms. The van der Waals surface area contributed by atoms with Gasteiger partial charge < -0.3 is 54.1 Å². The summed E-state index contributed by atoms with van der Waals surface area (Å²) in [5.74, 6) is 0.420. The maximum Gasteiger partial charge on any atom is 0.490 e. The van der Waals surface area contributed by atoms with E-state index in [-0.39, 0.29) is 52.1 Å². The van der Waals surface area contributed by atoms with Gasteiger partial charge in [-0.25, -0.2) is 0 Å². The van der Waals surface area contributed by atoms with Crippen molar-refractivity contribution in [1.82, 2.24) is 14.7 Å². The minimum atomic E-state index is -4.35. The third-order valence-corrected chi connectivity index (χ3v) is 15.1. The second-order valence-corrected chi connectivity index (χ2v) is 23.2. The molecule has 0 unspecified atom stereocenters. The molecule has 6 heterocycles. The van der Waals surface area contributed by atoms with E-state index in [4.69, 9.17) is 39.4 Å². The number of nitrogens with two attached hydrogens (primary N) is 2. The number of hydrogen-bond donors (Lipinski definition) is 2. The lowest BCUT2D eigenvalue weighted by molar-refractivity contribution is -0.138. The third kappa shape index (κ3) is 16.8. The second-order valence-electron chi connectivity index (χ2n) is 22.3. The Kier molecular flexibility index (Phi) is 20.2. The number of piperidine rings is 1. The van der Waals surface area contributed by atoms with E-state index in [9.17, 15) is 31.1 Å². The van der Waals surface area contributed by atoms with Crippen LogP contribution in [0.25, 0.3) is 5.57 Å². The zero-order valence-corrected chi connectivity index (χ0v) is 46.5. The summed E-state index contributed by atoms with van der Waals surface area (Å²) >= 11 is 2.93. The van der Waals surface area contributed by atoms with Crippen LogP contribution < -0.4 is 11.5 Å². The molecule has 0 spiro atoms. The predicted molar refractivity (Wildman–Crippen MR) is 280 cm³/mol. The van der Waals surface area contributed by atoms with E-state index in [1.165, 1.54) is 17.6 Å². The Bertz CT molecular complexity index is 2130. The van der Waals surface area contributed by atoms with Gasteiger partial charge in [0, 0.05) is 68.0 Å². The van der Waals surface area contributed by atoms with Crippen molar-refractivity contribution in [2.24, 2.45) is 0 Å². The van der Waals surface area contributed by atoms with Crippen LogP contribution in [0, 0.1) is 0 Å². The van der Waals surface area contributed by atoms with E-state index in [0.29, 0.717) is 15.8 Å². The Morgan fingerprint density at radius 1 is 0.514 bits per heavy atom. The quantitative estimate of drug-likeness (QED) is 0.172. The molecule has 0 radical (unpaired) electrons. The molecule has 12 nitrogen and oxygen atoms in total. The Morgan fingerprint density at radius 2 is 0.889 bits per heavy atom. The number of nitrogens with zero attached hydrogens (tertiary/aromatic N) is 3. The summed E-state index contributed by atoms with van der Waals surface area (Å²) in [5, 5.41) is 0. The fraction of sp³-hybridized carbons (Fsp3) is 0.660. The number of Topliss-reactive ketones (excluding diaryl/α,β-unsaturated/α-hetero) is 1. The monoisotopic (exact) mass is 1090 g/mol. The lowest BCUT2D eigenvalue weighted by Gasteiger charge is -2.32. The largest absolute Gasteiger partial charge is 0.490 e. The van der Waals surface area contributed by atoms with Crippen LogP contribution in [0.5, 0.6) is 0 Å². The fourth-order valence-corrected chi connectivity index (χ4v) is 8.18. The molecule has 72 heavy (non-hydrogen) atoms. The van der Waals surface area contributed by atoms with Crippen molar-refractivity contribution in [3.8, 4) is 0 Å². The number of halogens is 7. The minimum Gasteiger partial charge on any atom is -0.405 e. The Balaban J connectivity index is 0.000000200. The van der Waals surface area contributed by atoms with Crippen LogP contribution in [0.2, 0.25) is 0 Å². The summed E-state index contributed by atoms with van der Waals surface area (Å²) < 4.78 is 111. The van der Waals surface area contributed by atoms with E-state index < -0.39 is 37.5 Å². The lowest BCUT2D eigenvalue weighted by Crippen LogP contribution is -2.41. The molecule has 6 aliphatic rings. The number of carbonyl (C=O) groups is 1. The molecule has 0 saturated carbocycles. The average Bonchev–Trinajstić information content (AvgIpc) is 3.71. The van der Waals surface area contributed by atoms with Crippen LogP contribution in [0.15, 0.2) is 58.5 Å². The van der Waals surface area contributed by atoms with Crippen LogP contribution in [0.4, 0.5) is 37.7 Å². The van der Waals surface area contributed by atoms with Crippen molar-refractivity contribution in [3.63, 3.8) is 0 Å². The fourth-order valence-electron chi connectivity index (χ4n) is 7.67. The van der Waals surface area contributed by atoms with Crippen molar-refractivity contribution in [2.75, 3.05) is 71.9 Å². The maximum absolute atomic E-state index is 12.7. The Morgan fingerprint density at radius 3 is 1.25 bits per heavy atom. The smallest absolute Gasteiger partial charge is 0.405 e. The molecule has 6 aliphatic heterocycles. The van der Waals surface area contributed by atoms with Gasteiger partial charge in [0.1, 0.15) is 5.78 Å². The van der Waals surface area contributed by atoms with Crippen LogP contribution in [-0.4, -0.2) is 136 Å². The predicted octanol–water partition coefficient (Wildman–Crippen LogP) is 10.5. The molecule has 0 aliphatic carbocycles. The van der Waals surface area contributed by atoms with E-state index in [0.717, 1.165) is 88.7 Å². The van der Waals surface area contributed by atoms with Gasteiger partial charge in [-0.2, -0.15) is 26.3 Å². The number of benzene rings is 2. The number of alkyl halides is 6. The van der Waals surface area contributed by atoms with E-state index in [1.807, 2.05) is 75.6 Å². The summed E-state index contributed by atoms with van der Waals surface area (Å²) in [5.41, 5.74) is 10.5. The van der Waals surface area contributed by atoms with Gasteiger partial charge in [0.15, 0.2) is 0 Å². The first kappa shape index (κ1) is 61.6. The topological polar surface area (TPSA) is 134 Å². The third-order valence-electron chi connectivity index (χ3n) is 14.6. The van der Waals surface area contributed by atoms with Crippen LogP contribution in [0.3, 0.4) is 0 Å². The normalized spacial score (nSPS) is 23.5. The number of rotatable bonds is 3. The molecule has 0 atom stereocenters. The summed E-state index contributed by atoms with van der Waals surface area (Å²) in [6.45, 7) is 30.2. The van der Waals surface area contributed by atoms with Crippen molar-refractivity contribution in [2.45, 2.75) is 155 Å². The summed E-state index contributed by atoms with van der Waals surface area (Å²) in [6, 6.07) is 7.04. The highest BCUT2D eigenvalue weighted by Gasteiger charge is 2.64. The molecule has 402 valence electrons. The molecule has 4 fully saturated rings. The van der Waals surface area contributed by atoms with Gasteiger partial charge in [-0.15, -0.1) is 0 Å². The highest BCUT2D eigenvalue weighted by atomic mass is 79.9. The van der Waals surface area contributed by atoms with Crippen LogP contribution >= 0.6 is 15.9 Å². The average molecular weight is 1090 g/mol. The molecule has 2 aromatic rings. The molecular weight excluding hydrogens is 1010 g/mol. The molecule has 8 rings (SSSR count). The number of nitrogen functional groups attached to an aromatic ring is 2. The summed E-state index contributed by atoms with van der Waals surface area (Å²) in [4.78, 5) is 17.2. The first-order valence-corrected chi connectivity index (χ1v) is 25.2. The molecule has 0 aromatic heterocycles. The molecule has 2 aromatic carbocycles. The number of carbonyl (C=O) groups excluding carboxylic acids is 1. The van der Waals surface area contributed by atoms with Crippen LogP contribution in [-0.2, 0) is 45.1 Å². The molecule has 0 amide bonds. The van der Waals surface area contributed by atoms with Gasteiger partial charge in [0.05, 0.1) is 44.7 Å². The molecular formula is C50H77B3BrF6N5O7. The Labute approximate surface area is 433 Å². The number of likely N-dealkylation sites (tertiary alicyclic amines) is 1.